The molecule has 1 rings (SSSR count). The van der Waals surface area contributed by atoms with Crippen LogP contribution in [0.4, 0.5) is 0 Å². The standard InChI is InChI=1S/C6H10O2.Na.H/c7-5-8-6-3-1-2-4-6;;/h5-6H,1-4H2;;. The van der Waals surface area contributed by atoms with Crippen molar-refractivity contribution < 1.29 is 9.53 Å². The molecular formula is C6H11NaO2. The van der Waals surface area contributed by atoms with E-state index in [1.54, 1.807) is 0 Å². The molecule has 0 atom stereocenters. The van der Waals surface area contributed by atoms with Crippen molar-refractivity contribution in [3.8, 4) is 0 Å². The van der Waals surface area contributed by atoms with Gasteiger partial charge < -0.3 is 4.74 Å². The molecule has 2 nitrogen and oxygen atoms in total. The first-order valence-corrected chi connectivity index (χ1v) is 3.02. The molecule has 0 spiro atoms. The maximum atomic E-state index is 9.74. The van der Waals surface area contributed by atoms with Crippen LogP contribution in [0.3, 0.4) is 0 Å². The summed E-state index contributed by atoms with van der Waals surface area (Å²) in [6.45, 7) is 0.552. The summed E-state index contributed by atoms with van der Waals surface area (Å²) in [6, 6.07) is 0. The Bertz CT molecular complexity index is 79.1. The summed E-state index contributed by atoms with van der Waals surface area (Å²) in [5.74, 6) is 0. The van der Waals surface area contributed by atoms with E-state index < -0.39 is 0 Å². The normalized spacial score (nSPS) is 18.7. The van der Waals surface area contributed by atoms with Gasteiger partial charge in [-0.3, -0.25) is 4.79 Å². The van der Waals surface area contributed by atoms with Gasteiger partial charge in [0.2, 0.25) is 0 Å². The molecule has 0 amide bonds. The van der Waals surface area contributed by atoms with Crippen LogP contribution in [-0.4, -0.2) is 42.1 Å². The van der Waals surface area contributed by atoms with Crippen LogP contribution in [0.1, 0.15) is 25.7 Å². The van der Waals surface area contributed by atoms with Crippen molar-refractivity contribution in [1.82, 2.24) is 0 Å². The van der Waals surface area contributed by atoms with Crippen LogP contribution in [-0.2, 0) is 9.53 Å². The number of hydrogen-bond donors (Lipinski definition) is 0. The topological polar surface area (TPSA) is 26.3 Å². The summed E-state index contributed by atoms with van der Waals surface area (Å²) in [5, 5.41) is 0. The van der Waals surface area contributed by atoms with Gasteiger partial charge in [-0.2, -0.15) is 0 Å². The minimum absolute atomic E-state index is 0. The molecule has 3 heteroatoms. The first kappa shape index (κ1) is 9.47. The number of carbonyl (C=O) groups excluding carboxylic acids is 1. The number of carbonyl (C=O) groups is 1. The van der Waals surface area contributed by atoms with E-state index in [0.717, 1.165) is 12.8 Å². The predicted octanol–water partition coefficient (Wildman–Crippen LogP) is 0.453. The minimum atomic E-state index is 0. The summed E-state index contributed by atoms with van der Waals surface area (Å²) in [4.78, 5) is 9.74. The van der Waals surface area contributed by atoms with E-state index in [1.807, 2.05) is 0 Å². The van der Waals surface area contributed by atoms with Crippen molar-refractivity contribution in [2.75, 3.05) is 0 Å². The number of hydrogen-bond acceptors (Lipinski definition) is 2. The van der Waals surface area contributed by atoms with Crippen molar-refractivity contribution in [2.24, 2.45) is 0 Å². The Kier molecular flexibility index (Phi) is 5.55. The second-order valence-corrected chi connectivity index (χ2v) is 2.14. The number of rotatable bonds is 2. The third-order valence-corrected chi connectivity index (χ3v) is 1.55. The first-order valence-electron chi connectivity index (χ1n) is 3.02. The molecule has 9 heavy (non-hydrogen) atoms. The molecule has 0 N–H and O–H groups in total. The Labute approximate surface area is 77.2 Å². The Morgan fingerprint density at radius 2 is 1.89 bits per heavy atom. The van der Waals surface area contributed by atoms with Gasteiger partial charge in [0.05, 0.1) is 0 Å². The molecule has 1 aliphatic carbocycles. The van der Waals surface area contributed by atoms with Crippen molar-refractivity contribution in [1.29, 1.82) is 0 Å². The average molecular weight is 138 g/mol. The van der Waals surface area contributed by atoms with E-state index in [-0.39, 0.29) is 35.7 Å². The van der Waals surface area contributed by atoms with Gasteiger partial charge in [-0.05, 0) is 25.7 Å². The van der Waals surface area contributed by atoms with Crippen LogP contribution in [0.5, 0.6) is 0 Å². The van der Waals surface area contributed by atoms with Gasteiger partial charge in [-0.25, -0.2) is 0 Å². The van der Waals surface area contributed by atoms with E-state index >= 15 is 0 Å². The molecule has 0 heterocycles. The second-order valence-electron chi connectivity index (χ2n) is 2.14. The zero-order valence-electron chi connectivity index (χ0n) is 4.80. The molecule has 1 aliphatic rings. The van der Waals surface area contributed by atoms with E-state index in [1.165, 1.54) is 12.8 Å². The van der Waals surface area contributed by atoms with Crippen LogP contribution in [0.2, 0.25) is 0 Å². The second kappa shape index (κ2) is 5.27. The molecule has 48 valence electrons. The maximum absolute atomic E-state index is 9.74. The van der Waals surface area contributed by atoms with Crippen LogP contribution < -0.4 is 0 Å². The third kappa shape index (κ3) is 3.23. The fourth-order valence-corrected chi connectivity index (χ4v) is 1.10. The van der Waals surface area contributed by atoms with Crippen LogP contribution in [0, 0.1) is 0 Å². The van der Waals surface area contributed by atoms with E-state index in [9.17, 15) is 4.79 Å². The van der Waals surface area contributed by atoms with Crippen molar-refractivity contribution in [3.05, 3.63) is 0 Å². The molecule has 0 unspecified atom stereocenters. The molecular weight excluding hydrogens is 127 g/mol. The molecule has 0 aromatic carbocycles. The number of ether oxygens (including phenoxy) is 1. The van der Waals surface area contributed by atoms with Crippen molar-refractivity contribution in [3.63, 3.8) is 0 Å². The van der Waals surface area contributed by atoms with Crippen molar-refractivity contribution >= 4 is 36.0 Å². The van der Waals surface area contributed by atoms with Crippen LogP contribution >= 0.6 is 0 Å². The van der Waals surface area contributed by atoms with Crippen molar-refractivity contribution in [2.45, 2.75) is 31.8 Å². The monoisotopic (exact) mass is 138 g/mol. The third-order valence-electron chi connectivity index (χ3n) is 1.55. The molecule has 0 saturated heterocycles. The van der Waals surface area contributed by atoms with E-state index in [2.05, 4.69) is 0 Å². The zero-order chi connectivity index (χ0) is 5.82. The first-order chi connectivity index (χ1) is 3.93. The fourth-order valence-electron chi connectivity index (χ4n) is 1.10. The zero-order valence-corrected chi connectivity index (χ0v) is 4.80. The molecule has 0 aromatic rings. The summed E-state index contributed by atoms with van der Waals surface area (Å²) < 4.78 is 4.72. The molecule has 0 aromatic heterocycles. The van der Waals surface area contributed by atoms with Crippen LogP contribution in [0.15, 0.2) is 0 Å². The van der Waals surface area contributed by atoms with Crippen LogP contribution in [0.25, 0.3) is 0 Å². The Balaban J connectivity index is 0.000000640. The van der Waals surface area contributed by atoms with E-state index in [4.69, 9.17) is 4.74 Å². The summed E-state index contributed by atoms with van der Waals surface area (Å²) in [7, 11) is 0. The van der Waals surface area contributed by atoms with Gasteiger partial charge in [-0.15, -0.1) is 0 Å². The summed E-state index contributed by atoms with van der Waals surface area (Å²) >= 11 is 0. The Hall–Kier alpha value is 0.470. The van der Waals surface area contributed by atoms with Gasteiger partial charge in [0, 0.05) is 0 Å². The summed E-state index contributed by atoms with van der Waals surface area (Å²) in [5.41, 5.74) is 0. The van der Waals surface area contributed by atoms with E-state index in [0.29, 0.717) is 6.47 Å². The predicted molar refractivity (Wildman–Crippen MR) is 36.6 cm³/mol. The quantitative estimate of drug-likeness (QED) is 0.409. The summed E-state index contributed by atoms with van der Waals surface area (Å²) in [6.07, 6.45) is 4.82. The fraction of sp³-hybridized carbons (Fsp3) is 0.833. The van der Waals surface area contributed by atoms with Gasteiger partial charge in [0.15, 0.2) is 0 Å². The van der Waals surface area contributed by atoms with Gasteiger partial charge in [0.25, 0.3) is 6.47 Å². The Morgan fingerprint density at radius 3 is 2.33 bits per heavy atom. The Morgan fingerprint density at radius 1 is 1.33 bits per heavy atom. The van der Waals surface area contributed by atoms with Gasteiger partial charge in [0.1, 0.15) is 6.10 Å². The molecule has 0 bridgehead atoms. The molecule has 1 fully saturated rings. The SMILES string of the molecule is O=COC1CCCC1.[NaH]. The van der Waals surface area contributed by atoms with Gasteiger partial charge in [-0.1, -0.05) is 0 Å². The molecule has 0 aliphatic heterocycles. The molecule has 1 saturated carbocycles. The average Bonchev–Trinajstić information content (AvgIpc) is 2.19. The van der Waals surface area contributed by atoms with Gasteiger partial charge >= 0.3 is 29.6 Å². The molecule has 0 radical (unpaired) electrons.